The van der Waals surface area contributed by atoms with Crippen LogP contribution in [0.25, 0.3) is 17.1 Å². The van der Waals surface area contributed by atoms with Crippen LogP contribution in [0.5, 0.6) is 0 Å². The molecule has 2 aromatic heterocycles. The molecule has 3 heterocycles. The van der Waals surface area contributed by atoms with Gasteiger partial charge in [0.15, 0.2) is 5.76 Å². The van der Waals surface area contributed by atoms with Gasteiger partial charge in [0.2, 0.25) is 0 Å². The second kappa shape index (κ2) is 8.33. The number of hydrogen-bond acceptors (Lipinski definition) is 3. The highest BCUT2D eigenvalue weighted by atomic mass is 79.9. The Labute approximate surface area is 203 Å². The molecule has 2 aromatic carbocycles. The number of rotatable bonds is 2. The summed E-state index contributed by atoms with van der Waals surface area (Å²) in [7, 11) is -1.50. The highest BCUT2D eigenvalue weighted by molar-refractivity contribution is 9.10. The highest BCUT2D eigenvalue weighted by Gasteiger charge is 2.28. The summed E-state index contributed by atoms with van der Waals surface area (Å²) in [5.41, 5.74) is 10.4. The number of aromatic nitrogens is 2. The number of furan rings is 1. The Kier molecular flexibility index (Phi) is 5.47. The molecule has 0 unspecified atom stereocenters. The number of hydrogen-bond donors (Lipinski definition) is 0. The van der Waals surface area contributed by atoms with Crippen LogP contribution in [0, 0.1) is 11.5 Å². The van der Waals surface area contributed by atoms with E-state index in [1.807, 2.05) is 30.6 Å². The van der Waals surface area contributed by atoms with Crippen LogP contribution in [0.4, 0.5) is 0 Å². The Balaban J connectivity index is 1.78. The zero-order chi connectivity index (χ0) is 23.2. The van der Waals surface area contributed by atoms with Crippen LogP contribution in [-0.4, -0.2) is 23.3 Å². The summed E-state index contributed by atoms with van der Waals surface area (Å²) in [5, 5.41) is 0. The van der Waals surface area contributed by atoms with E-state index in [9.17, 15) is 0 Å². The van der Waals surface area contributed by atoms with Crippen molar-refractivity contribution < 1.29 is 4.42 Å². The maximum Gasteiger partial charge on any atom is 0.154 e. The Morgan fingerprint density at radius 2 is 1.85 bits per heavy atom. The molecule has 4 aromatic rings. The first kappa shape index (κ1) is 21.7. The molecular weight excluding hydrogens is 490 g/mol. The summed E-state index contributed by atoms with van der Waals surface area (Å²) < 4.78 is 8.84. The van der Waals surface area contributed by atoms with Crippen LogP contribution in [0.15, 0.2) is 81.1 Å². The molecule has 33 heavy (non-hydrogen) atoms. The van der Waals surface area contributed by atoms with E-state index in [0.29, 0.717) is 0 Å². The minimum Gasteiger partial charge on any atom is -0.463 e. The monoisotopic (exact) mass is 513 g/mol. The summed E-state index contributed by atoms with van der Waals surface area (Å²) in [6.07, 6.45) is 3.55. The topological polar surface area (TPSA) is 43.3 Å². The predicted octanol–water partition coefficient (Wildman–Crippen LogP) is 7.04. The lowest BCUT2D eigenvalue weighted by Crippen LogP contribution is -2.16. The van der Waals surface area contributed by atoms with Crippen molar-refractivity contribution in [3.05, 3.63) is 94.0 Å². The third-order valence-corrected chi connectivity index (χ3v) is 7.07. The van der Waals surface area contributed by atoms with Gasteiger partial charge in [-0.1, -0.05) is 59.7 Å². The average molecular weight is 514 g/mol. The SMILES string of the molecule is C[C@@H]1N=C(c2ccccc2Br)c2cc(C#C[Si](C)(C)C)ccc2-n2cnc(-c3ccco3)c21. The summed E-state index contributed by atoms with van der Waals surface area (Å²) in [6, 6.07) is 18.3. The van der Waals surface area contributed by atoms with E-state index in [1.54, 1.807) is 6.26 Å². The third-order valence-electron chi connectivity index (χ3n) is 5.50. The van der Waals surface area contributed by atoms with Gasteiger partial charge in [0.05, 0.1) is 29.4 Å². The van der Waals surface area contributed by atoms with Crippen molar-refractivity contribution in [2.75, 3.05) is 0 Å². The van der Waals surface area contributed by atoms with Crippen molar-refractivity contribution in [1.29, 1.82) is 0 Å². The second-order valence-corrected chi connectivity index (χ2v) is 14.8. The molecule has 5 rings (SSSR count). The van der Waals surface area contributed by atoms with Gasteiger partial charge in [-0.3, -0.25) is 9.56 Å². The van der Waals surface area contributed by atoms with Gasteiger partial charge in [0.1, 0.15) is 20.1 Å². The minimum absolute atomic E-state index is 0.126. The molecule has 0 aliphatic carbocycles. The van der Waals surface area contributed by atoms with Gasteiger partial charge >= 0.3 is 0 Å². The molecule has 1 atom stereocenters. The molecule has 0 amide bonds. The van der Waals surface area contributed by atoms with E-state index in [4.69, 9.17) is 14.4 Å². The van der Waals surface area contributed by atoms with Crippen LogP contribution in [0.2, 0.25) is 19.6 Å². The molecule has 6 heteroatoms. The van der Waals surface area contributed by atoms with Crippen molar-refractivity contribution in [3.63, 3.8) is 0 Å². The molecule has 0 N–H and O–H groups in total. The number of nitrogens with zero attached hydrogens (tertiary/aromatic N) is 3. The molecule has 164 valence electrons. The molecule has 0 radical (unpaired) electrons. The zero-order valence-corrected chi connectivity index (χ0v) is 21.6. The molecule has 0 fully saturated rings. The molecule has 4 nitrogen and oxygen atoms in total. The number of aliphatic imine (C=N–C) groups is 1. The zero-order valence-electron chi connectivity index (χ0n) is 19.1. The fourth-order valence-corrected chi connectivity index (χ4v) is 5.01. The maximum absolute atomic E-state index is 5.69. The number of benzene rings is 2. The Hall–Kier alpha value is -3.14. The molecule has 0 saturated carbocycles. The second-order valence-electron chi connectivity index (χ2n) is 9.19. The molecule has 1 aliphatic rings. The van der Waals surface area contributed by atoms with E-state index in [2.05, 4.69) is 88.9 Å². The van der Waals surface area contributed by atoms with Crippen LogP contribution >= 0.6 is 15.9 Å². The van der Waals surface area contributed by atoms with Crippen molar-refractivity contribution >= 4 is 29.7 Å². The minimum atomic E-state index is -1.50. The van der Waals surface area contributed by atoms with E-state index in [-0.39, 0.29) is 6.04 Å². The van der Waals surface area contributed by atoms with Gasteiger partial charge in [-0.2, -0.15) is 0 Å². The Morgan fingerprint density at radius 1 is 1.03 bits per heavy atom. The number of fused-ring (bicyclic) bond motifs is 3. The molecule has 0 bridgehead atoms. The fraction of sp³-hybridized carbons (Fsp3) is 0.185. The summed E-state index contributed by atoms with van der Waals surface area (Å²) in [6.45, 7) is 8.88. The lowest BCUT2D eigenvalue weighted by Gasteiger charge is -2.13. The number of halogens is 1. The predicted molar refractivity (Wildman–Crippen MR) is 140 cm³/mol. The summed E-state index contributed by atoms with van der Waals surface area (Å²) in [5.74, 6) is 4.15. The fourth-order valence-electron chi connectivity index (χ4n) is 4.02. The molecule has 0 spiro atoms. The van der Waals surface area contributed by atoms with Gasteiger partial charge in [0.25, 0.3) is 0 Å². The first-order valence-electron chi connectivity index (χ1n) is 10.9. The van der Waals surface area contributed by atoms with Crippen molar-refractivity contribution in [3.8, 4) is 28.6 Å². The van der Waals surface area contributed by atoms with Gasteiger partial charge in [0, 0.05) is 21.2 Å². The van der Waals surface area contributed by atoms with Gasteiger partial charge in [-0.05, 0) is 43.3 Å². The molecular formula is C27H24BrN3OSi. The van der Waals surface area contributed by atoms with Crippen LogP contribution in [0.1, 0.15) is 35.3 Å². The molecule has 1 aliphatic heterocycles. The standard InChI is InChI=1S/C27H24BrN3OSi/c1-18-27-26(24-10-7-14-32-24)29-17-31(27)23-12-11-19(13-15-33(2,3)4)16-21(23)25(30-18)20-8-5-6-9-22(20)28/h5-12,14,16-18H,1-4H3/t18-/m0/s1. The Bertz CT molecular complexity index is 1430. The van der Waals surface area contributed by atoms with Crippen LogP contribution < -0.4 is 0 Å². The van der Waals surface area contributed by atoms with E-state index < -0.39 is 8.07 Å². The van der Waals surface area contributed by atoms with Crippen LogP contribution in [0.3, 0.4) is 0 Å². The number of imidazole rings is 1. The molecule has 0 saturated heterocycles. The van der Waals surface area contributed by atoms with Gasteiger partial charge in [-0.25, -0.2) is 4.98 Å². The largest absolute Gasteiger partial charge is 0.463 e. The quantitative estimate of drug-likeness (QED) is 0.213. The Morgan fingerprint density at radius 3 is 2.58 bits per heavy atom. The summed E-state index contributed by atoms with van der Waals surface area (Å²) in [4.78, 5) is 9.93. The van der Waals surface area contributed by atoms with E-state index >= 15 is 0 Å². The lowest BCUT2D eigenvalue weighted by molar-refractivity contribution is 0.578. The van der Waals surface area contributed by atoms with E-state index in [0.717, 1.165) is 49.7 Å². The van der Waals surface area contributed by atoms with Gasteiger partial charge < -0.3 is 4.42 Å². The van der Waals surface area contributed by atoms with Gasteiger partial charge in [-0.15, -0.1) is 5.54 Å². The summed E-state index contributed by atoms with van der Waals surface area (Å²) >= 11 is 3.74. The first-order valence-corrected chi connectivity index (χ1v) is 15.2. The average Bonchev–Trinajstić information content (AvgIpc) is 3.44. The lowest BCUT2D eigenvalue weighted by atomic mass is 9.98. The highest BCUT2D eigenvalue weighted by Crippen LogP contribution is 2.37. The van der Waals surface area contributed by atoms with Crippen molar-refractivity contribution in [2.45, 2.75) is 32.6 Å². The van der Waals surface area contributed by atoms with E-state index in [1.165, 1.54) is 0 Å². The maximum atomic E-state index is 5.69. The smallest absolute Gasteiger partial charge is 0.154 e. The third kappa shape index (κ3) is 4.15. The normalized spacial score (nSPS) is 15.1. The van der Waals surface area contributed by atoms with Crippen molar-refractivity contribution in [2.24, 2.45) is 4.99 Å². The first-order chi connectivity index (χ1) is 15.8. The van der Waals surface area contributed by atoms with Crippen molar-refractivity contribution in [1.82, 2.24) is 9.55 Å². The van der Waals surface area contributed by atoms with Crippen LogP contribution in [-0.2, 0) is 0 Å².